The molecule has 1 aliphatic carbocycles. The molecule has 4 rings (SSSR count). The minimum atomic E-state index is -0.829. The zero-order valence-electron chi connectivity index (χ0n) is 13.2. The van der Waals surface area contributed by atoms with Gasteiger partial charge in [0, 0.05) is 39.8 Å². The molecule has 0 radical (unpaired) electrons. The van der Waals surface area contributed by atoms with Crippen molar-refractivity contribution in [2.24, 2.45) is 0 Å². The topological polar surface area (TPSA) is 78.0 Å². The molecule has 1 aromatic carbocycles. The van der Waals surface area contributed by atoms with Gasteiger partial charge in [-0.2, -0.15) is 0 Å². The smallest absolute Gasteiger partial charge is 0.307 e. The Labute approximate surface area is 143 Å². The van der Waals surface area contributed by atoms with E-state index in [9.17, 15) is 9.90 Å². The summed E-state index contributed by atoms with van der Waals surface area (Å²) in [5.41, 5.74) is 3.62. The van der Waals surface area contributed by atoms with Gasteiger partial charge in [0.1, 0.15) is 5.01 Å². The maximum absolute atomic E-state index is 11.4. The maximum atomic E-state index is 11.4. The van der Waals surface area contributed by atoms with Gasteiger partial charge in [0.25, 0.3) is 0 Å². The number of nitrogens with zero attached hydrogens (tertiary/aromatic N) is 1. The molecule has 6 heteroatoms. The number of hydrogen-bond acceptors (Lipinski definition) is 4. The van der Waals surface area contributed by atoms with Crippen LogP contribution in [0.15, 0.2) is 29.8 Å². The molecule has 5 nitrogen and oxygen atoms in total. The zero-order valence-corrected chi connectivity index (χ0v) is 14.0. The Morgan fingerprint density at radius 2 is 2.21 bits per heavy atom. The van der Waals surface area contributed by atoms with E-state index in [1.54, 1.807) is 6.20 Å². The van der Waals surface area contributed by atoms with Crippen LogP contribution in [0.3, 0.4) is 0 Å². The molecule has 1 saturated carbocycles. The van der Waals surface area contributed by atoms with E-state index in [1.807, 2.05) is 23.6 Å². The van der Waals surface area contributed by atoms with Gasteiger partial charge >= 0.3 is 5.97 Å². The summed E-state index contributed by atoms with van der Waals surface area (Å²) in [5, 5.41) is 16.7. The van der Waals surface area contributed by atoms with Gasteiger partial charge in [-0.15, -0.1) is 11.3 Å². The van der Waals surface area contributed by atoms with Crippen molar-refractivity contribution in [2.45, 2.75) is 38.1 Å². The number of aromatic nitrogens is 2. The van der Waals surface area contributed by atoms with Gasteiger partial charge in [-0.25, -0.2) is 4.98 Å². The highest BCUT2D eigenvalue weighted by molar-refractivity contribution is 7.13. The summed E-state index contributed by atoms with van der Waals surface area (Å²) in [6, 6.07) is 6.53. The van der Waals surface area contributed by atoms with Crippen molar-refractivity contribution in [3.8, 4) is 10.7 Å². The van der Waals surface area contributed by atoms with Crippen LogP contribution in [0.5, 0.6) is 0 Å². The summed E-state index contributed by atoms with van der Waals surface area (Å²) < 4.78 is 0. The van der Waals surface area contributed by atoms with Gasteiger partial charge in [0.15, 0.2) is 0 Å². The van der Waals surface area contributed by atoms with E-state index in [0.29, 0.717) is 6.04 Å². The second-order valence-electron chi connectivity index (χ2n) is 6.24. The SMILES string of the molecule is O=C(O)Cc1c(-c2nccs2)[nH]c2cccc(NC3CCCC3)c12. The van der Waals surface area contributed by atoms with Crippen LogP contribution in [0.2, 0.25) is 0 Å². The van der Waals surface area contributed by atoms with Crippen LogP contribution in [0.25, 0.3) is 21.6 Å². The lowest BCUT2D eigenvalue weighted by atomic mass is 10.0. The monoisotopic (exact) mass is 341 g/mol. The normalized spacial score (nSPS) is 15.2. The number of carboxylic acids is 1. The number of anilines is 1. The van der Waals surface area contributed by atoms with Crippen molar-refractivity contribution in [2.75, 3.05) is 5.32 Å². The molecule has 0 aliphatic heterocycles. The van der Waals surface area contributed by atoms with Gasteiger partial charge in [0.2, 0.25) is 0 Å². The number of thiazole rings is 1. The average molecular weight is 341 g/mol. The number of aromatic amines is 1. The Hall–Kier alpha value is -2.34. The van der Waals surface area contributed by atoms with Crippen LogP contribution in [0.1, 0.15) is 31.2 Å². The van der Waals surface area contributed by atoms with Crippen LogP contribution in [0.4, 0.5) is 5.69 Å². The van der Waals surface area contributed by atoms with Crippen molar-refractivity contribution in [3.05, 3.63) is 35.3 Å². The molecule has 3 N–H and O–H groups in total. The lowest BCUT2D eigenvalue weighted by Gasteiger charge is -2.15. The predicted molar refractivity (Wildman–Crippen MR) is 96.6 cm³/mol. The molecule has 0 bridgehead atoms. The third-order valence-electron chi connectivity index (χ3n) is 4.62. The standard InChI is InChI=1S/C18H19N3O2S/c22-15(23)10-12-16-13(20-11-4-1-2-5-11)6-3-7-14(16)21-17(12)18-19-8-9-24-18/h3,6-9,11,20-21H,1-2,4-5,10H2,(H,22,23). The highest BCUT2D eigenvalue weighted by Crippen LogP contribution is 2.37. The first-order valence-corrected chi connectivity index (χ1v) is 9.12. The summed E-state index contributed by atoms with van der Waals surface area (Å²) in [6.07, 6.45) is 6.59. The fraction of sp³-hybridized carbons (Fsp3) is 0.333. The van der Waals surface area contributed by atoms with Crippen LogP contribution >= 0.6 is 11.3 Å². The van der Waals surface area contributed by atoms with Crippen molar-refractivity contribution < 1.29 is 9.90 Å². The molecule has 0 amide bonds. The molecule has 124 valence electrons. The van der Waals surface area contributed by atoms with Crippen molar-refractivity contribution in [1.29, 1.82) is 0 Å². The van der Waals surface area contributed by atoms with E-state index in [4.69, 9.17) is 0 Å². The number of H-pyrrole nitrogens is 1. The minimum absolute atomic E-state index is 0.0156. The molecule has 0 spiro atoms. The second-order valence-corrected chi connectivity index (χ2v) is 7.13. The number of nitrogens with one attached hydrogen (secondary N) is 2. The molecule has 0 saturated heterocycles. The van der Waals surface area contributed by atoms with Crippen LogP contribution in [0, 0.1) is 0 Å². The van der Waals surface area contributed by atoms with Gasteiger partial charge in [0.05, 0.1) is 12.1 Å². The number of carbonyl (C=O) groups is 1. The van der Waals surface area contributed by atoms with E-state index in [2.05, 4.69) is 15.3 Å². The van der Waals surface area contributed by atoms with Gasteiger partial charge in [-0.1, -0.05) is 18.9 Å². The highest BCUT2D eigenvalue weighted by atomic mass is 32.1. The quantitative estimate of drug-likeness (QED) is 0.647. The Balaban J connectivity index is 1.86. The first kappa shape index (κ1) is 15.2. The number of benzene rings is 1. The summed E-state index contributed by atoms with van der Waals surface area (Å²) in [6.45, 7) is 0. The maximum Gasteiger partial charge on any atom is 0.307 e. The fourth-order valence-electron chi connectivity index (χ4n) is 3.58. The second kappa shape index (κ2) is 6.28. The summed E-state index contributed by atoms with van der Waals surface area (Å²) in [5.74, 6) is -0.829. The van der Waals surface area contributed by atoms with E-state index >= 15 is 0 Å². The molecule has 1 aliphatic rings. The van der Waals surface area contributed by atoms with E-state index in [0.717, 1.165) is 32.9 Å². The van der Waals surface area contributed by atoms with Crippen molar-refractivity contribution in [3.63, 3.8) is 0 Å². The third kappa shape index (κ3) is 2.78. The van der Waals surface area contributed by atoms with Gasteiger partial charge in [-0.05, 0) is 25.0 Å². The molecule has 2 aromatic heterocycles. The van der Waals surface area contributed by atoms with Gasteiger partial charge < -0.3 is 15.4 Å². The first-order chi connectivity index (χ1) is 11.7. The first-order valence-electron chi connectivity index (χ1n) is 8.24. The largest absolute Gasteiger partial charge is 0.481 e. The van der Waals surface area contributed by atoms with Crippen LogP contribution in [-0.4, -0.2) is 27.1 Å². The Morgan fingerprint density at radius 1 is 1.38 bits per heavy atom. The number of fused-ring (bicyclic) bond motifs is 1. The lowest BCUT2D eigenvalue weighted by molar-refractivity contribution is -0.136. The Kier molecular flexibility index (Phi) is 3.98. The highest BCUT2D eigenvalue weighted by Gasteiger charge is 2.21. The summed E-state index contributed by atoms with van der Waals surface area (Å²) in [4.78, 5) is 19.2. The van der Waals surface area contributed by atoms with E-state index < -0.39 is 5.97 Å². The van der Waals surface area contributed by atoms with Crippen LogP contribution in [-0.2, 0) is 11.2 Å². The Bertz CT molecular complexity index is 864. The van der Waals surface area contributed by atoms with Gasteiger partial charge in [-0.3, -0.25) is 4.79 Å². The van der Waals surface area contributed by atoms with E-state index in [1.165, 1.54) is 37.0 Å². The van der Waals surface area contributed by atoms with Crippen molar-refractivity contribution >= 4 is 33.9 Å². The zero-order chi connectivity index (χ0) is 16.5. The van der Waals surface area contributed by atoms with Crippen molar-refractivity contribution in [1.82, 2.24) is 9.97 Å². The molecule has 1 fully saturated rings. The molecular weight excluding hydrogens is 322 g/mol. The molecule has 3 aromatic rings. The molecular formula is C18H19N3O2S. The summed E-state index contributed by atoms with van der Waals surface area (Å²) in [7, 11) is 0. The van der Waals surface area contributed by atoms with E-state index in [-0.39, 0.29) is 6.42 Å². The number of aliphatic carboxylic acids is 1. The molecule has 0 atom stereocenters. The minimum Gasteiger partial charge on any atom is -0.481 e. The fourth-order valence-corrected chi connectivity index (χ4v) is 4.25. The third-order valence-corrected chi connectivity index (χ3v) is 5.41. The molecule has 0 unspecified atom stereocenters. The predicted octanol–water partition coefficient (Wildman–Crippen LogP) is 4.27. The molecule has 2 heterocycles. The lowest BCUT2D eigenvalue weighted by Crippen LogP contribution is -2.14. The number of hydrogen-bond donors (Lipinski definition) is 3. The average Bonchev–Trinajstić information content (AvgIpc) is 3.27. The van der Waals surface area contributed by atoms with Crippen LogP contribution < -0.4 is 5.32 Å². The Morgan fingerprint density at radius 3 is 2.92 bits per heavy atom. The molecule has 24 heavy (non-hydrogen) atoms. The number of rotatable bonds is 5. The number of carboxylic acid groups (broad SMARTS) is 1. The summed E-state index contributed by atoms with van der Waals surface area (Å²) >= 11 is 1.52.